The van der Waals surface area contributed by atoms with E-state index < -0.39 is 15.8 Å². The third kappa shape index (κ3) is 6.74. The van der Waals surface area contributed by atoms with Crippen molar-refractivity contribution in [1.82, 2.24) is 10.2 Å². The van der Waals surface area contributed by atoms with Crippen LogP contribution < -0.4 is 5.32 Å². The summed E-state index contributed by atoms with van der Waals surface area (Å²) in [6.07, 6.45) is 3.60. The van der Waals surface area contributed by atoms with Crippen molar-refractivity contribution < 1.29 is 23.1 Å². The number of carboxylic acids is 1. The summed E-state index contributed by atoms with van der Waals surface area (Å²) in [5.41, 5.74) is 0. The molecule has 1 aliphatic rings. The molecule has 7 nitrogen and oxygen atoms in total. The second kappa shape index (κ2) is 7.47. The fourth-order valence-electron chi connectivity index (χ4n) is 2.27. The molecule has 0 saturated carbocycles. The van der Waals surface area contributed by atoms with Crippen molar-refractivity contribution in [3.8, 4) is 0 Å². The molecule has 0 aliphatic carbocycles. The van der Waals surface area contributed by atoms with Crippen molar-refractivity contribution in [2.75, 3.05) is 31.6 Å². The third-order valence-corrected chi connectivity index (χ3v) is 4.27. The van der Waals surface area contributed by atoms with E-state index in [0.717, 1.165) is 19.1 Å². The van der Waals surface area contributed by atoms with Gasteiger partial charge in [-0.1, -0.05) is 0 Å². The minimum atomic E-state index is -3.08. The van der Waals surface area contributed by atoms with Gasteiger partial charge >= 0.3 is 12.0 Å². The monoisotopic (exact) mass is 306 g/mol. The number of nitrogens with one attached hydrogen (secondary N) is 1. The highest BCUT2D eigenvalue weighted by Crippen LogP contribution is 2.20. The summed E-state index contributed by atoms with van der Waals surface area (Å²) >= 11 is 0. The van der Waals surface area contributed by atoms with Gasteiger partial charge in [-0.15, -0.1) is 0 Å². The zero-order chi connectivity index (χ0) is 15.2. The number of urea groups is 1. The van der Waals surface area contributed by atoms with Crippen LogP contribution in [0.25, 0.3) is 0 Å². The van der Waals surface area contributed by atoms with E-state index in [9.17, 15) is 18.0 Å². The maximum absolute atomic E-state index is 11.9. The minimum absolute atomic E-state index is 0.0744. The number of likely N-dealkylation sites (tertiary alicyclic amines) is 1. The van der Waals surface area contributed by atoms with E-state index in [2.05, 4.69) is 5.32 Å². The Balaban J connectivity index is 2.34. The molecule has 2 N–H and O–H groups in total. The highest BCUT2D eigenvalue weighted by atomic mass is 32.2. The van der Waals surface area contributed by atoms with E-state index in [1.54, 1.807) is 4.90 Å². The molecule has 1 rings (SSSR count). The molecule has 0 bridgehead atoms. The van der Waals surface area contributed by atoms with Crippen LogP contribution >= 0.6 is 0 Å². The van der Waals surface area contributed by atoms with Gasteiger partial charge in [0.25, 0.3) is 0 Å². The Hall–Kier alpha value is -1.31. The average molecular weight is 306 g/mol. The summed E-state index contributed by atoms with van der Waals surface area (Å²) in [6, 6.07) is -0.270. The maximum Gasteiger partial charge on any atom is 0.317 e. The lowest BCUT2D eigenvalue weighted by molar-refractivity contribution is -0.137. The fraction of sp³-hybridized carbons (Fsp3) is 0.833. The molecule has 1 unspecified atom stereocenters. The molecule has 8 heteroatoms. The number of carbonyl (C=O) groups is 2. The highest BCUT2D eigenvalue weighted by molar-refractivity contribution is 7.90. The van der Waals surface area contributed by atoms with Gasteiger partial charge in [0.2, 0.25) is 0 Å². The molecule has 2 amide bonds. The van der Waals surface area contributed by atoms with Gasteiger partial charge in [-0.3, -0.25) is 4.79 Å². The van der Waals surface area contributed by atoms with E-state index in [4.69, 9.17) is 5.11 Å². The van der Waals surface area contributed by atoms with E-state index in [0.29, 0.717) is 19.5 Å². The lowest BCUT2D eigenvalue weighted by Crippen LogP contribution is -2.46. The van der Waals surface area contributed by atoms with Gasteiger partial charge in [0.15, 0.2) is 0 Å². The minimum Gasteiger partial charge on any atom is -0.481 e. The topological polar surface area (TPSA) is 104 Å². The quantitative estimate of drug-likeness (QED) is 0.735. The van der Waals surface area contributed by atoms with Crippen molar-refractivity contribution in [2.24, 2.45) is 5.92 Å². The van der Waals surface area contributed by atoms with Gasteiger partial charge in [-0.25, -0.2) is 13.2 Å². The number of piperidine rings is 1. The molecular formula is C12H22N2O5S. The zero-order valence-corrected chi connectivity index (χ0v) is 12.5. The number of nitrogens with zero attached hydrogens (tertiary/aromatic N) is 1. The lowest BCUT2D eigenvalue weighted by Gasteiger charge is -2.32. The fourth-order valence-corrected chi connectivity index (χ4v) is 2.74. The largest absolute Gasteiger partial charge is 0.481 e. The second-order valence-corrected chi connectivity index (χ2v) is 7.51. The number of rotatable bonds is 6. The number of hydrogen-bond acceptors (Lipinski definition) is 4. The van der Waals surface area contributed by atoms with Gasteiger partial charge in [0.1, 0.15) is 9.84 Å². The number of sulfone groups is 1. The molecule has 0 aromatic carbocycles. The van der Waals surface area contributed by atoms with Gasteiger partial charge in [-0.2, -0.15) is 0 Å². The smallest absolute Gasteiger partial charge is 0.317 e. The first-order chi connectivity index (χ1) is 9.28. The first kappa shape index (κ1) is 16.7. The summed E-state index contributed by atoms with van der Waals surface area (Å²) in [5.74, 6) is -0.685. The van der Waals surface area contributed by atoms with E-state index in [1.807, 2.05) is 0 Å². The molecule has 116 valence electrons. The van der Waals surface area contributed by atoms with Gasteiger partial charge in [0, 0.05) is 32.3 Å². The summed E-state index contributed by atoms with van der Waals surface area (Å²) in [5, 5.41) is 11.2. The van der Waals surface area contributed by atoms with Crippen molar-refractivity contribution in [3.63, 3.8) is 0 Å². The summed E-state index contributed by atoms with van der Waals surface area (Å²) in [4.78, 5) is 24.1. The van der Waals surface area contributed by atoms with Crippen LogP contribution in [0.3, 0.4) is 0 Å². The number of carboxylic acid groups (broad SMARTS) is 1. The summed E-state index contributed by atoms with van der Waals surface area (Å²) in [7, 11) is -3.08. The number of amides is 2. The molecular weight excluding hydrogens is 284 g/mol. The second-order valence-electron chi connectivity index (χ2n) is 5.25. The molecule has 1 heterocycles. The molecule has 20 heavy (non-hydrogen) atoms. The van der Waals surface area contributed by atoms with Gasteiger partial charge in [-0.05, 0) is 25.2 Å². The average Bonchev–Trinajstić information content (AvgIpc) is 2.35. The van der Waals surface area contributed by atoms with Crippen LogP contribution in [-0.2, 0) is 14.6 Å². The maximum atomic E-state index is 11.9. The van der Waals surface area contributed by atoms with Crippen molar-refractivity contribution >= 4 is 21.8 Å². The Morgan fingerprint density at radius 3 is 2.70 bits per heavy atom. The number of aliphatic carboxylic acids is 1. The third-order valence-electron chi connectivity index (χ3n) is 3.32. The Bertz CT molecular complexity index is 449. The SMILES string of the molecule is CS(=O)(=O)CCNC(=O)N1CCCC(CCC(=O)O)C1. The number of carbonyl (C=O) groups excluding carboxylic acids is 1. The molecule has 1 fully saturated rings. The van der Waals surface area contributed by atoms with E-state index in [-0.39, 0.29) is 30.7 Å². The van der Waals surface area contributed by atoms with Crippen molar-refractivity contribution in [2.45, 2.75) is 25.7 Å². The predicted octanol–water partition coefficient (Wildman–Crippen LogP) is 0.317. The summed E-state index contributed by atoms with van der Waals surface area (Å²) < 4.78 is 21.9. The lowest BCUT2D eigenvalue weighted by atomic mass is 9.93. The van der Waals surface area contributed by atoms with Gasteiger partial charge < -0.3 is 15.3 Å². The van der Waals surface area contributed by atoms with Crippen LogP contribution in [0.4, 0.5) is 4.79 Å². The van der Waals surface area contributed by atoms with E-state index in [1.165, 1.54) is 0 Å². The Morgan fingerprint density at radius 1 is 1.40 bits per heavy atom. The zero-order valence-electron chi connectivity index (χ0n) is 11.7. The van der Waals surface area contributed by atoms with Crippen LogP contribution in [0.1, 0.15) is 25.7 Å². The van der Waals surface area contributed by atoms with E-state index >= 15 is 0 Å². The van der Waals surface area contributed by atoms with Crippen LogP contribution in [-0.4, -0.2) is 62.1 Å². The number of hydrogen-bond donors (Lipinski definition) is 2. The molecule has 0 aromatic heterocycles. The van der Waals surface area contributed by atoms with Crippen molar-refractivity contribution in [3.05, 3.63) is 0 Å². The highest BCUT2D eigenvalue weighted by Gasteiger charge is 2.23. The molecule has 0 radical (unpaired) electrons. The Morgan fingerprint density at radius 2 is 2.10 bits per heavy atom. The standard InChI is InChI=1S/C12H22N2O5S/c1-20(18,19)8-6-13-12(17)14-7-2-3-10(9-14)4-5-11(15)16/h10H,2-9H2,1H3,(H,13,17)(H,15,16). The van der Waals surface area contributed by atoms with Gasteiger partial charge in [0.05, 0.1) is 5.75 Å². The van der Waals surface area contributed by atoms with Crippen LogP contribution in [0.5, 0.6) is 0 Å². The first-order valence-electron chi connectivity index (χ1n) is 6.70. The Labute approximate surface area is 119 Å². The molecule has 0 spiro atoms. The molecule has 1 atom stereocenters. The predicted molar refractivity (Wildman–Crippen MR) is 74.3 cm³/mol. The normalized spacial score (nSPS) is 19.6. The molecule has 0 aromatic rings. The van der Waals surface area contributed by atoms with Crippen LogP contribution in [0, 0.1) is 5.92 Å². The Kier molecular flexibility index (Phi) is 6.25. The molecule has 1 saturated heterocycles. The molecule has 1 aliphatic heterocycles. The van der Waals surface area contributed by atoms with Crippen molar-refractivity contribution in [1.29, 1.82) is 0 Å². The first-order valence-corrected chi connectivity index (χ1v) is 8.76. The van der Waals surface area contributed by atoms with Crippen LogP contribution in [0.2, 0.25) is 0 Å². The summed E-state index contributed by atoms with van der Waals surface area (Å²) in [6.45, 7) is 1.28. The van der Waals surface area contributed by atoms with Crippen LogP contribution in [0.15, 0.2) is 0 Å².